The van der Waals surface area contributed by atoms with E-state index in [2.05, 4.69) is 21.2 Å². The first-order valence-electron chi connectivity index (χ1n) is 9.12. The fourth-order valence-electron chi connectivity index (χ4n) is 3.37. The van der Waals surface area contributed by atoms with Crippen molar-refractivity contribution >= 4 is 43.8 Å². The Morgan fingerprint density at radius 2 is 1.86 bits per heavy atom. The van der Waals surface area contributed by atoms with Gasteiger partial charge >= 0.3 is 12.1 Å². The maximum absolute atomic E-state index is 13.9. The molecule has 0 fully saturated rings. The van der Waals surface area contributed by atoms with Gasteiger partial charge < -0.3 is 9.15 Å². The van der Waals surface area contributed by atoms with Gasteiger partial charge in [0, 0.05) is 15.2 Å². The van der Waals surface area contributed by atoms with E-state index in [1.807, 2.05) is 19.9 Å². The number of esters is 1. The van der Waals surface area contributed by atoms with E-state index < -0.39 is 24.2 Å². The van der Waals surface area contributed by atoms with Crippen molar-refractivity contribution in [2.75, 3.05) is 7.11 Å². The molecule has 0 spiro atoms. The zero-order valence-corrected chi connectivity index (χ0v) is 17.7. The average Bonchev–Trinajstić information content (AvgIpc) is 3.00. The lowest BCUT2D eigenvalue weighted by Gasteiger charge is -2.27. The van der Waals surface area contributed by atoms with Gasteiger partial charge in [-0.05, 0) is 42.2 Å². The van der Waals surface area contributed by atoms with Gasteiger partial charge in [0.2, 0.25) is 0 Å². The molecule has 1 heterocycles. The van der Waals surface area contributed by atoms with E-state index in [9.17, 15) is 18.0 Å². The van der Waals surface area contributed by atoms with Crippen LogP contribution in [0.2, 0.25) is 0 Å². The minimum atomic E-state index is -4.61. The van der Waals surface area contributed by atoms with Gasteiger partial charge in [-0.15, -0.1) is 0 Å². The molecule has 0 radical (unpaired) electrons. The van der Waals surface area contributed by atoms with Crippen LogP contribution >= 0.6 is 15.9 Å². The van der Waals surface area contributed by atoms with Gasteiger partial charge in [0.05, 0.1) is 7.11 Å². The molecule has 2 atom stereocenters. The van der Waals surface area contributed by atoms with Crippen molar-refractivity contribution < 1.29 is 27.1 Å². The maximum atomic E-state index is 13.9. The molecule has 0 saturated heterocycles. The van der Waals surface area contributed by atoms with Gasteiger partial charge in [0.25, 0.3) is 0 Å². The molecule has 156 valence electrons. The van der Waals surface area contributed by atoms with Crippen LogP contribution in [0.1, 0.15) is 31.9 Å². The molecular weight excluding hydrogens is 451 g/mol. The third-order valence-corrected chi connectivity index (χ3v) is 5.17. The summed E-state index contributed by atoms with van der Waals surface area (Å²) in [5.41, 5.74) is 0.912. The molecule has 8 heteroatoms. The molecule has 0 amide bonds. The smallest absolute Gasteiger partial charge is 0.407 e. The molecule has 29 heavy (non-hydrogen) atoms. The quantitative estimate of drug-likeness (QED) is 0.439. The van der Waals surface area contributed by atoms with Crippen LogP contribution in [0.5, 0.6) is 0 Å². The number of hydrogen-bond donors (Lipinski definition) is 1. The molecule has 0 aliphatic rings. The number of fused-ring (bicyclic) bond motifs is 3. The van der Waals surface area contributed by atoms with Crippen molar-refractivity contribution in [3.8, 4) is 0 Å². The normalized spacial score (nSPS) is 14.5. The topological polar surface area (TPSA) is 51.5 Å². The monoisotopic (exact) mass is 471 g/mol. The molecule has 4 nitrogen and oxygen atoms in total. The van der Waals surface area contributed by atoms with Crippen LogP contribution in [0.4, 0.5) is 13.2 Å². The summed E-state index contributed by atoms with van der Waals surface area (Å²) in [4.78, 5) is 12.0. The SMILES string of the molecule is COC(=O)[C@H](CC(C)C)N[C@@H](c1ccc2c(c1)oc1ccc(Br)cc12)C(F)(F)F. The van der Waals surface area contributed by atoms with Crippen LogP contribution in [0.15, 0.2) is 45.3 Å². The van der Waals surface area contributed by atoms with Gasteiger partial charge in [-0.2, -0.15) is 13.2 Å². The zero-order chi connectivity index (χ0) is 21.3. The average molecular weight is 472 g/mol. The lowest BCUT2D eigenvalue weighted by atomic mass is 9.99. The molecule has 2 aromatic carbocycles. The number of alkyl halides is 3. The Bertz CT molecular complexity index is 1030. The summed E-state index contributed by atoms with van der Waals surface area (Å²) in [6, 6.07) is 6.71. The summed E-state index contributed by atoms with van der Waals surface area (Å²) >= 11 is 3.39. The third-order valence-electron chi connectivity index (χ3n) is 4.68. The van der Waals surface area contributed by atoms with Crippen LogP contribution in [0.25, 0.3) is 21.9 Å². The standard InChI is InChI=1S/C21H21BrF3NO3/c1-11(2)8-16(20(27)28-3)26-19(21(23,24)25)12-4-6-14-15-10-13(22)5-7-17(15)29-18(14)9-12/h4-7,9-11,16,19,26H,8H2,1-3H3/t16-,19-/m0/s1. The predicted molar refractivity (Wildman–Crippen MR) is 109 cm³/mol. The van der Waals surface area contributed by atoms with Crippen LogP contribution in [0.3, 0.4) is 0 Å². The van der Waals surface area contributed by atoms with Gasteiger partial charge in [-0.1, -0.05) is 41.9 Å². The highest BCUT2D eigenvalue weighted by atomic mass is 79.9. The van der Waals surface area contributed by atoms with Gasteiger partial charge in [0.15, 0.2) is 0 Å². The van der Waals surface area contributed by atoms with E-state index >= 15 is 0 Å². The molecule has 1 N–H and O–H groups in total. The molecule has 0 bridgehead atoms. The largest absolute Gasteiger partial charge is 0.468 e. The highest BCUT2D eigenvalue weighted by molar-refractivity contribution is 9.10. The number of ether oxygens (including phenoxy) is 1. The van der Waals surface area contributed by atoms with Crippen LogP contribution in [-0.4, -0.2) is 25.3 Å². The Labute approximate surface area is 174 Å². The number of nitrogens with one attached hydrogen (secondary N) is 1. The highest BCUT2D eigenvalue weighted by Crippen LogP contribution is 2.37. The van der Waals surface area contributed by atoms with Crippen molar-refractivity contribution in [3.05, 3.63) is 46.4 Å². The second-order valence-corrected chi connectivity index (χ2v) is 8.26. The number of methoxy groups -OCH3 is 1. The van der Waals surface area contributed by atoms with Gasteiger partial charge in [0.1, 0.15) is 23.2 Å². The Hall–Kier alpha value is -2.06. The van der Waals surface area contributed by atoms with Crippen molar-refractivity contribution in [3.63, 3.8) is 0 Å². The number of hydrogen-bond acceptors (Lipinski definition) is 4. The summed E-state index contributed by atoms with van der Waals surface area (Å²) in [6.07, 6.45) is -4.38. The Morgan fingerprint density at radius 3 is 2.48 bits per heavy atom. The maximum Gasteiger partial charge on any atom is 0.407 e. The first kappa shape index (κ1) is 21.6. The van der Waals surface area contributed by atoms with Gasteiger partial charge in [-0.3, -0.25) is 10.1 Å². The summed E-state index contributed by atoms with van der Waals surface area (Å²) < 4.78 is 52.9. The summed E-state index contributed by atoms with van der Waals surface area (Å²) in [6.45, 7) is 3.66. The van der Waals surface area contributed by atoms with E-state index in [0.717, 1.165) is 15.2 Å². The Balaban J connectivity index is 2.03. The van der Waals surface area contributed by atoms with Crippen LogP contribution < -0.4 is 5.32 Å². The van der Waals surface area contributed by atoms with Crippen LogP contribution in [-0.2, 0) is 9.53 Å². The first-order chi connectivity index (χ1) is 13.6. The van der Waals surface area contributed by atoms with Crippen molar-refractivity contribution in [2.24, 2.45) is 5.92 Å². The summed E-state index contributed by atoms with van der Waals surface area (Å²) in [7, 11) is 1.17. The second kappa shape index (κ2) is 8.36. The number of furan rings is 1. The van der Waals surface area contributed by atoms with Crippen molar-refractivity contribution in [1.29, 1.82) is 0 Å². The molecule has 3 rings (SSSR count). The lowest BCUT2D eigenvalue weighted by Crippen LogP contribution is -2.45. The van der Waals surface area contributed by atoms with E-state index in [0.29, 0.717) is 11.2 Å². The van der Waals surface area contributed by atoms with Crippen molar-refractivity contribution in [2.45, 2.75) is 38.5 Å². The lowest BCUT2D eigenvalue weighted by molar-refractivity contribution is -0.164. The van der Waals surface area contributed by atoms with E-state index in [1.54, 1.807) is 18.2 Å². The van der Waals surface area contributed by atoms with Crippen molar-refractivity contribution in [1.82, 2.24) is 5.32 Å². The molecule has 3 aromatic rings. The highest BCUT2D eigenvalue weighted by Gasteiger charge is 2.43. The minimum absolute atomic E-state index is 0.0109. The third kappa shape index (κ3) is 4.75. The van der Waals surface area contributed by atoms with E-state index in [1.165, 1.54) is 19.2 Å². The number of rotatable bonds is 6. The molecule has 0 unspecified atom stereocenters. The van der Waals surface area contributed by atoms with E-state index in [-0.39, 0.29) is 17.9 Å². The Morgan fingerprint density at radius 1 is 1.14 bits per heavy atom. The molecule has 0 saturated carbocycles. The number of benzene rings is 2. The first-order valence-corrected chi connectivity index (χ1v) is 9.91. The minimum Gasteiger partial charge on any atom is -0.468 e. The Kier molecular flexibility index (Phi) is 6.24. The molecular formula is C21H21BrF3NO3. The number of halogens is 4. The van der Waals surface area contributed by atoms with Gasteiger partial charge in [-0.25, -0.2) is 0 Å². The fourth-order valence-corrected chi connectivity index (χ4v) is 3.73. The second-order valence-electron chi connectivity index (χ2n) is 7.34. The molecule has 0 aliphatic carbocycles. The molecule has 1 aromatic heterocycles. The van der Waals surface area contributed by atoms with E-state index in [4.69, 9.17) is 9.15 Å². The number of carbonyl (C=O) groups excluding carboxylic acids is 1. The fraction of sp³-hybridized carbons (Fsp3) is 0.381. The number of carbonyl (C=O) groups is 1. The summed E-state index contributed by atoms with van der Waals surface area (Å²) in [5.74, 6) is -0.709. The summed E-state index contributed by atoms with van der Waals surface area (Å²) in [5, 5.41) is 3.98. The van der Waals surface area contributed by atoms with Crippen LogP contribution in [0, 0.1) is 5.92 Å². The molecule has 0 aliphatic heterocycles. The zero-order valence-electron chi connectivity index (χ0n) is 16.1. The predicted octanol–water partition coefficient (Wildman–Crippen LogP) is 6.13.